The van der Waals surface area contributed by atoms with Gasteiger partial charge in [0, 0.05) is 21.7 Å². The Kier molecular flexibility index (Phi) is 5.43. The Morgan fingerprint density at radius 3 is 1.83 bits per heavy atom. The van der Waals surface area contributed by atoms with E-state index in [0.717, 1.165) is 33.2 Å². The van der Waals surface area contributed by atoms with Gasteiger partial charge in [-0.1, -0.05) is 152 Å². The average molecular weight is 660 g/mol. The van der Waals surface area contributed by atoms with Crippen LogP contribution in [-0.4, -0.2) is 14.5 Å². The van der Waals surface area contributed by atoms with Crippen molar-refractivity contribution in [3.05, 3.63) is 198 Å². The summed E-state index contributed by atoms with van der Waals surface area (Å²) in [6, 6.07) is 64.1. The van der Waals surface area contributed by atoms with Crippen molar-refractivity contribution >= 4 is 43.5 Å². The molecule has 0 fully saturated rings. The lowest BCUT2D eigenvalue weighted by molar-refractivity contribution is 0.783. The summed E-state index contributed by atoms with van der Waals surface area (Å²) >= 11 is 0. The number of nitrogens with zero attached hydrogens (tertiary/aromatic N) is 3. The summed E-state index contributed by atoms with van der Waals surface area (Å²) in [4.78, 5) is 10.8. The maximum atomic E-state index is 5.46. The first-order valence-electron chi connectivity index (χ1n) is 17.9. The zero-order chi connectivity index (χ0) is 34.0. The highest BCUT2D eigenvalue weighted by Gasteiger charge is 2.50. The van der Waals surface area contributed by atoms with Crippen LogP contribution in [0.15, 0.2) is 176 Å². The van der Waals surface area contributed by atoms with Gasteiger partial charge in [0.2, 0.25) is 5.95 Å². The number of aromatic nitrogens is 3. The van der Waals surface area contributed by atoms with Gasteiger partial charge in [0.15, 0.2) is 0 Å². The smallest absolute Gasteiger partial charge is 0.235 e. The second kappa shape index (κ2) is 10.1. The molecule has 3 nitrogen and oxygen atoms in total. The van der Waals surface area contributed by atoms with Gasteiger partial charge in [-0.15, -0.1) is 0 Å². The second-order valence-electron chi connectivity index (χ2n) is 14.1. The lowest BCUT2D eigenvalue weighted by atomic mass is 9.63. The largest absolute Gasteiger partial charge is 0.278 e. The minimum Gasteiger partial charge on any atom is -0.278 e. The molecule has 0 saturated heterocycles. The molecule has 0 radical (unpaired) electrons. The first-order valence-corrected chi connectivity index (χ1v) is 17.9. The maximum absolute atomic E-state index is 5.46. The molecule has 2 aliphatic rings. The van der Waals surface area contributed by atoms with E-state index in [1.54, 1.807) is 0 Å². The fourth-order valence-corrected chi connectivity index (χ4v) is 9.57. The summed E-state index contributed by atoms with van der Waals surface area (Å²) in [6.45, 7) is 0. The van der Waals surface area contributed by atoms with Crippen LogP contribution in [0.25, 0.3) is 82.9 Å². The molecule has 2 aliphatic carbocycles. The molecular formula is C49H29N3. The van der Waals surface area contributed by atoms with Gasteiger partial charge >= 0.3 is 0 Å². The number of rotatable bonds is 3. The van der Waals surface area contributed by atoms with E-state index in [1.165, 1.54) is 66.1 Å². The van der Waals surface area contributed by atoms with E-state index in [-0.39, 0.29) is 0 Å². The standard InChI is InChI=1S/C49H29N3/c1-3-14-30(15-4-1)33-28-40-45-43(29-33)52(48-50-41-25-12-9-21-36(41)47(51-48)32-16-5-2-6-17-32)42-27-26-31-18-13-24-39(44(31)46(42)45)49(40)37-22-10-7-19-34(37)35-20-8-11-23-38(35)49/h1-29H. The van der Waals surface area contributed by atoms with Crippen molar-refractivity contribution < 1.29 is 0 Å². The molecule has 0 bridgehead atoms. The van der Waals surface area contributed by atoms with Crippen LogP contribution in [0, 0.1) is 0 Å². The van der Waals surface area contributed by atoms with Crippen LogP contribution in [0.5, 0.6) is 0 Å². The van der Waals surface area contributed by atoms with Gasteiger partial charge in [0.1, 0.15) is 0 Å². The SMILES string of the molecule is c1ccc(-c2cc3c4c5c6c(cccc6ccc5n(-c5nc(-c6ccccc6)c6ccccc6n5)c4c2)C32c3ccccc3-c3ccccc32)cc1. The van der Waals surface area contributed by atoms with Crippen LogP contribution in [0.4, 0.5) is 0 Å². The van der Waals surface area contributed by atoms with Crippen LogP contribution in [0.3, 0.4) is 0 Å². The highest BCUT2D eigenvalue weighted by Crippen LogP contribution is 2.62. The van der Waals surface area contributed by atoms with Gasteiger partial charge in [-0.3, -0.25) is 4.57 Å². The fraction of sp³-hybridized carbons (Fsp3) is 0.0204. The van der Waals surface area contributed by atoms with E-state index < -0.39 is 5.41 Å². The zero-order valence-corrected chi connectivity index (χ0v) is 28.1. The summed E-state index contributed by atoms with van der Waals surface area (Å²) in [5.41, 5.74) is 14.9. The number of fused-ring (bicyclic) bond motifs is 8. The van der Waals surface area contributed by atoms with Crippen molar-refractivity contribution in [2.75, 3.05) is 0 Å². The van der Waals surface area contributed by atoms with Gasteiger partial charge < -0.3 is 0 Å². The molecule has 0 atom stereocenters. The summed E-state index contributed by atoms with van der Waals surface area (Å²) in [5.74, 6) is 0.675. The second-order valence-corrected chi connectivity index (χ2v) is 14.1. The van der Waals surface area contributed by atoms with E-state index in [4.69, 9.17) is 9.97 Å². The lowest BCUT2D eigenvalue weighted by Gasteiger charge is -2.38. The highest BCUT2D eigenvalue weighted by molar-refractivity contribution is 6.27. The summed E-state index contributed by atoms with van der Waals surface area (Å²) < 4.78 is 2.33. The molecule has 240 valence electrons. The van der Waals surface area contributed by atoms with E-state index in [9.17, 15) is 0 Å². The van der Waals surface area contributed by atoms with E-state index >= 15 is 0 Å². The molecule has 52 heavy (non-hydrogen) atoms. The van der Waals surface area contributed by atoms with Gasteiger partial charge in [-0.2, -0.15) is 0 Å². The molecular weight excluding hydrogens is 631 g/mol. The van der Waals surface area contributed by atoms with Crippen LogP contribution in [-0.2, 0) is 5.41 Å². The molecule has 10 aromatic rings. The van der Waals surface area contributed by atoms with Gasteiger partial charge in [0.05, 0.1) is 27.7 Å². The van der Waals surface area contributed by atoms with E-state index in [1.807, 2.05) is 0 Å². The van der Waals surface area contributed by atoms with Gasteiger partial charge in [-0.25, -0.2) is 9.97 Å². The minimum absolute atomic E-state index is 0.511. The van der Waals surface area contributed by atoms with Crippen LogP contribution in [0.1, 0.15) is 22.3 Å². The van der Waals surface area contributed by atoms with Crippen molar-refractivity contribution in [3.63, 3.8) is 0 Å². The Morgan fingerprint density at radius 1 is 0.404 bits per heavy atom. The molecule has 0 aliphatic heterocycles. The van der Waals surface area contributed by atoms with Gasteiger partial charge in [-0.05, 0) is 79.5 Å². The Bertz CT molecular complexity index is 3070. The van der Waals surface area contributed by atoms with Crippen molar-refractivity contribution in [2.45, 2.75) is 5.41 Å². The molecule has 1 spiro atoms. The highest BCUT2D eigenvalue weighted by atomic mass is 15.2. The van der Waals surface area contributed by atoms with Crippen LogP contribution < -0.4 is 0 Å². The topological polar surface area (TPSA) is 30.7 Å². The summed E-state index contributed by atoms with van der Waals surface area (Å²) in [7, 11) is 0. The lowest BCUT2D eigenvalue weighted by Crippen LogP contribution is -2.30. The molecule has 2 aromatic heterocycles. The molecule has 0 N–H and O–H groups in total. The van der Waals surface area contributed by atoms with Crippen molar-refractivity contribution in [1.82, 2.24) is 14.5 Å². The Hall–Kier alpha value is -6.84. The average Bonchev–Trinajstić information content (AvgIpc) is 3.71. The van der Waals surface area contributed by atoms with Crippen molar-refractivity contribution in [2.24, 2.45) is 0 Å². The number of para-hydroxylation sites is 1. The Balaban J connectivity index is 1.31. The zero-order valence-electron chi connectivity index (χ0n) is 28.1. The van der Waals surface area contributed by atoms with E-state index in [2.05, 4.69) is 180 Å². The predicted octanol–water partition coefficient (Wildman–Crippen LogP) is 11.9. The quantitative estimate of drug-likeness (QED) is 0.189. The number of hydrogen-bond acceptors (Lipinski definition) is 2. The minimum atomic E-state index is -0.511. The first kappa shape index (κ1) is 27.9. The third kappa shape index (κ3) is 3.45. The number of benzene rings is 8. The maximum Gasteiger partial charge on any atom is 0.235 e. The summed E-state index contributed by atoms with van der Waals surface area (Å²) in [5, 5.41) is 6.12. The van der Waals surface area contributed by atoms with Crippen LogP contribution >= 0.6 is 0 Å². The molecule has 0 amide bonds. The van der Waals surface area contributed by atoms with Crippen molar-refractivity contribution in [1.29, 1.82) is 0 Å². The van der Waals surface area contributed by atoms with Crippen molar-refractivity contribution in [3.8, 4) is 39.5 Å². The monoisotopic (exact) mass is 659 g/mol. The molecule has 2 heterocycles. The first-order chi connectivity index (χ1) is 25.8. The normalized spacial score (nSPS) is 13.5. The Labute approximate surface area is 300 Å². The predicted molar refractivity (Wildman–Crippen MR) is 213 cm³/mol. The third-order valence-electron chi connectivity index (χ3n) is 11.6. The fourth-order valence-electron chi connectivity index (χ4n) is 9.57. The molecule has 0 saturated carbocycles. The molecule has 8 aromatic carbocycles. The summed E-state index contributed by atoms with van der Waals surface area (Å²) in [6.07, 6.45) is 0. The number of hydrogen-bond donors (Lipinski definition) is 0. The van der Waals surface area contributed by atoms with Crippen LogP contribution in [0.2, 0.25) is 0 Å². The Morgan fingerprint density at radius 2 is 1.06 bits per heavy atom. The molecule has 12 rings (SSSR count). The molecule has 3 heteroatoms. The van der Waals surface area contributed by atoms with Gasteiger partial charge in [0.25, 0.3) is 0 Å². The molecule has 0 unspecified atom stereocenters. The van der Waals surface area contributed by atoms with E-state index in [0.29, 0.717) is 5.95 Å². The third-order valence-corrected chi connectivity index (χ3v) is 11.6.